The molecule has 0 spiro atoms. The molecule has 0 amide bonds. The highest BCUT2D eigenvalue weighted by molar-refractivity contribution is 6.30. The Bertz CT molecular complexity index is 541. The molecule has 0 aromatic heterocycles. The molecule has 2 aromatic rings. The fraction of sp³-hybridized carbons (Fsp3) is 0.250. The molecule has 1 nitrogen and oxygen atoms in total. The number of ether oxygens (including phenoxy) is 1. The smallest absolute Gasteiger partial charge is 0.124 e. The van der Waals surface area contributed by atoms with Crippen LogP contribution in [0.15, 0.2) is 36.4 Å². The predicted molar refractivity (Wildman–Crippen MR) is 76.4 cm³/mol. The minimum Gasteiger partial charge on any atom is -0.489 e. The van der Waals surface area contributed by atoms with Crippen LogP contribution in [0.2, 0.25) is 5.02 Å². The molecule has 0 saturated carbocycles. The minimum absolute atomic E-state index is 0.583. The maximum atomic E-state index is 5.98. The van der Waals surface area contributed by atoms with Crippen molar-refractivity contribution in [3.8, 4) is 5.75 Å². The summed E-state index contributed by atoms with van der Waals surface area (Å²) in [5.74, 6) is 0.852. The van der Waals surface area contributed by atoms with Gasteiger partial charge < -0.3 is 4.74 Å². The molecular formula is C16H17ClO. The van der Waals surface area contributed by atoms with Gasteiger partial charge in [0.05, 0.1) is 0 Å². The Morgan fingerprint density at radius 1 is 0.944 bits per heavy atom. The van der Waals surface area contributed by atoms with Gasteiger partial charge in [-0.25, -0.2) is 0 Å². The van der Waals surface area contributed by atoms with Gasteiger partial charge in [0, 0.05) is 5.02 Å². The van der Waals surface area contributed by atoms with E-state index in [0.717, 1.165) is 11.3 Å². The summed E-state index contributed by atoms with van der Waals surface area (Å²) in [5, 5.41) is 0.706. The summed E-state index contributed by atoms with van der Waals surface area (Å²) < 4.78 is 5.88. The predicted octanol–water partition coefficient (Wildman–Crippen LogP) is 4.84. The summed E-state index contributed by atoms with van der Waals surface area (Å²) in [6.07, 6.45) is 0. The molecule has 0 aliphatic heterocycles. The van der Waals surface area contributed by atoms with Gasteiger partial charge in [0.1, 0.15) is 12.4 Å². The summed E-state index contributed by atoms with van der Waals surface area (Å²) in [6.45, 7) is 6.82. The third-order valence-corrected chi connectivity index (χ3v) is 3.40. The van der Waals surface area contributed by atoms with E-state index in [0.29, 0.717) is 11.6 Å². The minimum atomic E-state index is 0.583. The van der Waals surface area contributed by atoms with Crippen molar-refractivity contribution in [2.75, 3.05) is 0 Å². The van der Waals surface area contributed by atoms with E-state index in [2.05, 4.69) is 32.0 Å². The lowest BCUT2D eigenvalue weighted by Gasteiger charge is -2.13. The van der Waals surface area contributed by atoms with Crippen LogP contribution in [0.3, 0.4) is 0 Å². The molecule has 0 fully saturated rings. The topological polar surface area (TPSA) is 9.23 Å². The van der Waals surface area contributed by atoms with Crippen molar-refractivity contribution in [2.45, 2.75) is 27.4 Å². The van der Waals surface area contributed by atoms with E-state index >= 15 is 0 Å². The van der Waals surface area contributed by atoms with Crippen molar-refractivity contribution >= 4 is 11.6 Å². The lowest BCUT2D eigenvalue weighted by Crippen LogP contribution is -2.01. The zero-order valence-corrected chi connectivity index (χ0v) is 11.7. The van der Waals surface area contributed by atoms with Crippen molar-refractivity contribution in [1.29, 1.82) is 0 Å². The van der Waals surface area contributed by atoms with Gasteiger partial charge in [0.25, 0.3) is 0 Å². The summed E-state index contributed by atoms with van der Waals surface area (Å²) in [7, 11) is 0. The first kappa shape index (κ1) is 13.0. The van der Waals surface area contributed by atoms with Crippen LogP contribution in [0, 0.1) is 20.8 Å². The van der Waals surface area contributed by atoms with Gasteiger partial charge in [-0.3, -0.25) is 0 Å². The molecule has 0 atom stereocenters. The maximum absolute atomic E-state index is 5.98. The van der Waals surface area contributed by atoms with Crippen LogP contribution < -0.4 is 4.74 Å². The quantitative estimate of drug-likeness (QED) is 0.767. The summed E-state index contributed by atoms with van der Waals surface area (Å²) in [5.41, 5.74) is 4.87. The number of aryl methyl sites for hydroxylation is 3. The third kappa shape index (κ3) is 2.85. The lowest BCUT2D eigenvalue weighted by molar-refractivity contribution is 0.302. The molecule has 0 heterocycles. The Kier molecular flexibility index (Phi) is 3.93. The van der Waals surface area contributed by atoms with E-state index in [1.807, 2.05) is 25.1 Å². The Morgan fingerprint density at radius 2 is 1.61 bits per heavy atom. The van der Waals surface area contributed by atoms with Crippen LogP contribution in [-0.2, 0) is 6.61 Å². The highest BCUT2D eigenvalue weighted by atomic mass is 35.5. The fourth-order valence-corrected chi connectivity index (χ4v) is 2.12. The summed E-state index contributed by atoms with van der Waals surface area (Å²) >= 11 is 5.98. The molecule has 0 aliphatic rings. The van der Waals surface area contributed by atoms with Crippen LogP contribution in [0.25, 0.3) is 0 Å². The molecule has 18 heavy (non-hydrogen) atoms. The molecule has 0 saturated heterocycles. The van der Waals surface area contributed by atoms with E-state index in [1.54, 1.807) is 0 Å². The SMILES string of the molecule is Cc1ccc(Cl)cc1OCc1c(C)cccc1C. The van der Waals surface area contributed by atoms with Crippen LogP contribution >= 0.6 is 11.6 Å². The molecule has 0 aliphatic carbocycles. The third-order valence-electron chi connectivity index (χ3n) is 3.17. The second-order valence-corrected chi connectivity index (χ2v) is 5.01. The molecule has 2 aromatic carbocycles. The van der Waals surface area contributed by atoms with Gasteiger partial charge in [-0.15, -0.1) is 0 Å². The van der Waals surface area contributed by atoms with Crippen molar-refractivity contribution in [3.05, 3.63) is 63.7 Å². The normalized spacial score (nSPS) is 10.4. The lowest BCUT2D eigenvalue weighted by atomic mass is 10.0. The van der Waals surface area contributed by atoms with Crippen molar-refractivity contribution in [3.63, 3.8) is 0 Å². The highest BCUT2D eigenvalue weighted by Crippen LogP contribution is 2.24. The Labute approximate surface area is 113 Å². The maximum Gasteiger partial charge on any atom is 0.124 e. The average molecular weight is 261 g/mol. The number of halogens is 1. The monoisotopic (exact) mass is 260 g/mol. The van der Waals surface area contributed by atoms with E-state index in [9.17, 15) is 0 Å². The number of hydrogen-bond donors (Lipinski definition) is 0. The van der Waals surface area contributed by atoms with Crippen LogP contribution in [0.5, 0.6) is 5.75 Å². The first-order chi connectivity index (χ1) is 8.58. The van der Waals surface area contributed by atoms with Crippen molar-refractivity contribution in [2.24, 2.45) is 0 Å². The van der Waals surface area contributed by atoms with Crippen LogP contribution in [0.4, 0.5) is 0 Å². The fourth-order valence-electron chi connectivity index (χ4n) is 1.96. The molecule has 94 valence electrons. The van der Waals surface area contributed by atoms with Gasteiger partial charge >= 0.3 is 0 Å². The molecule has 0 N–H and O–H groups in total. The van der Waals surface area contributed by atoms with Crippen molar-refractivity contribution in [1.82, 2.24) is 0 Å². The van der Waals surface area contributed by atoms with Gasteiger partial charge in [0.2, 0.25) is 0 Å². The van der Waals surface area contributed by atoms with E-state index < -0.39 is 0 Å². The van der Waals surface area contributed by atoms with Crippen molar-refractivity contribution < 1.29 is 4.74 Å². The highest BCUT2D eigenvalue weighted by Gasteiger charge is 2.05. The first-order valence-corrected chi connectivity index (χ1v) is 6.40. The van der Waals surface area contributed by atoms with Gasteiger partial charge in [-0.1, -0.05) is 35.9 Å². The molecule has 0 unspecified atom stereocenters. The second kappa shape index (κ2) is 5.45. The molecule has 0 radical (unpaired) electrons. The zero-order chi connectivity index (χ0) is 13.1. The number of hydrogen-bond acceptors (Lipinski definition) is 1. The van der Waals surface area contributed by atoms with Gasteiger partial charge in [0.15, 0.2) is 0 Å². The number of rotatable bonds is 3. The van der Waals surface area contributed by atoms with Crippen LogP contribution in [0.1, 0.15) is 22.3 Å². The number of benzene rings is 2. The largest absolute Gasteiger partial charge is 0.489 e. The Hall–Kier alpha value is -1.47. The molecule has 2 rings (SSSR count). The Morgan fingerprint density at radius 3 is 2.28 bits per heavy atom. The summed E-state index contributed by atoms with van der Waals surface area (Å²) in [6, 6.07) is 12.0. The van der Waals surface area contributed by atoms with E-state index in [4.69, 9.17) is 16.3 Å². The second-order valence-electron chi connectivity index (χ2n) is 4.57. The van der Waals surface area contributed by atoms with E-state index in [-0.39, 0.29) is 0 Å². The zero-order valence-electron chi connectivity index (χ0n) is 11.0. The molecule has 0 bridgehead atoms. The molecular weight excluding hydrogens is 244 g/mol. The standard InChI is InChI=1S/C16H17ClO/c1-11-5-4-6-12(2)15(11)10-18-16-9-14(17)8-7-13(16)3/h4-9H,10H2,1-3H3. The van der Waals surface area contributed by atoms with Gasteiger partial charge in [-0.2, -0.15) is 0 Å². The first-order valence-electron chi connectivity index (χ1n) is 6.02. The average Bonchev–Trinajstić information content (AvgIpc) is 2.33. The summed E-state index contributed by atoms with van der Waals surface area (Å²) in [4.78, 5) is 0. The van der Waals surface area contributed by atoms with Gasteiger partial charge in [-0.05, 0) is 55.2 Å². The van der Waals surface area contributed by atoms with Crippen LogP contribution in [-0.4, -0.2) is 0 Å². The Balaban J connectivity index is 2.19. The molecule has 2 heteroatoms. The van der Waals surface area contributed by atoms with E-state index in [1.165, 1.54) is 16.7 Å².